The standard InChI is InChI=1S/C30H37FN2O6/c1-27-10-7-22-23(30(27,38)13-9-21(27)18-14-25(35)39-16-18)8-12-29(37)15-19(34)6-11-28(22,29)17-32-33-26(36)20-4-2-3-5-24(20)31/h2-5,14,17,19,21-23,34,37-38H,6-13,15-16H2,1H3,(H,33,36)/b32-17-/t19-,21-,22+,23-,27-,28+,29+,30+/m1/s1. The molecule has 39 heavy (non-hydrogen) atoms. The fourth-order valence-electron chi connectivity index (χ4n) is 9.27. The Balaban J connectivity index is 1.33. The largest absolute Gasteiger partial charge is 0.458 e. The second kappa shape index (κ2) is 9.21. The summed E-state index contributed by atoms with van der Waals surface area (Å²) in [5.74, 6) is -1.84. The number of hydrogen-bond donors (Lipinski definition) is 4. The summed E-state index contributed by atoms with van der Waals surface area (Å²) < 4.78 is 19.4. The summed E-state index contributed by atoms with van der Waals surface area (Å²) in [7, 11) is 0. The van der Waals surface area contributed by atoms with Crippen LogP contribution in [0.25, 0.3) is 0 Å². The average molecular weight is 541 g/mol. The Morgan fingerprint density at radius 3 is 2.62 bits per heavy atom. The zero-order valence-electron chi connectivity index (χ0n) is 22.2. The van der Waals surface area contributed by atoms with Crippen molar-refractivity contribution in [3.8, 4) is 0 Å². The van der Waals surface area contributed by atoms with E-state index >= 15 is 0 Å². The second-order valence-corrected chi connectivity index (χ2v) is 12.7. The third-order valence-corrected chi connectivity index (χ3v) is 11.2. The van der Waals surface area contributed by atoms with Crippen LogP contribution in [0.4, 0.5) is 4.39 Å². The molecule has 1 aromatic rings. The van der Waals surface area contributed by atoms with Crippen LogP contribution in [0.5, 0.6) is 0 Å². The van der Waals surface area contributed by atoms with Crippen molar-refractivity contribution in [1.82, 2.24) is 5.43 Å². The van der Waals surface area contributed by atoms with Crippen LogP contribution in [-0.4, -0.2) is 57.3 Å². The van der Waals surface area contributed by atoms with Crippen LogP contribution in [0.1, 0.15) is 75.1 Å². The van der Waals surface area contributed by atoms with E-state index in [1.54, 1.807) is 18.4 Å². The van der Waals surface area contributed by atoms with Crippen molar-refractivity contribution in [3.05, 3.63) is 47.3 Å². The molecule has 1 heterocycles. The zero-order valence-corrected chi connectivity index (χ0v) is 22.2. The first-order valence-corrected chi connectivity index (χ1v) is 14.1. The molecular weight excluding hydrogens is 503 g/mol. The highest BCUT2D eigenvalue weighted by Crippen LogP contribution is 2.70. The van der Waals surface area contributed by atoms with Gasteiger partial charge in [-0.3, -0.25) is 4.79 Å². The molecule has 0 spiro atoms. The second-order valence-electron chi connectivity index (χ2n) is 12.7. The van der Waals surface area contributed by atoms with Crippen molar-refractivity contribution in [2.75, 3.05) is 6.61 Å². The number of cyclic esters (lactones) is 1. The first-order valence-electron chi connectivity index (χ1n) is 14.1. The number of hydrazone groups is 1. The summed E-state index contributed by atoms with van der Waals surface area (Å²) in [6, 6.07) is 5.68. The van der Waals surface area contributed by atoms with Crippen LogP contribution >= 0.6 is 0 Å². The lowest BCUT2D eigenvalue weighted by Gasteiger charge is -2.65. The van der Waals surface area contributed by atoms with Crippen LogP contribution in [0.3, 0.4) is 0 Å². The lowest BCUT2D eigenvalue weighted by Crippen LogP contribution is -2.68. The van der Waals surface area contributed by atoms with E-state index in [4.69, 9.17) is 4.74 Å². The lowest BCUT2D eigenvalue weighted by atomic mass is 9.41. The topological polar surface area (TPSA) is 128 Å². The van der Waals surface area contributed by atoms with Crippen molar-refractivity contribution in [2.45, 2.75) is 82.0 Å². The number of hydrogen-bond acceptors (Lipinski definition) is 7. The van der Waals surface area contributed by atoms with Crippen molar-refractivity contribution >= 4 is 18.1 Å². The number of amides is 1. The predicted octanol–water partition coefficient (Wildman–Crippen LogP) is 3.25. The zero-order chi connectivity index (χ0) is 27.6. The molecule has 210 valence electrons. The quantitative estimate of drug-likeness (QED) is 0.264. The van der Waals surface area contributed by atoms with Crippen LogP contribution in [0, 0.1) is 34.4 Å². The molecule has 0 saturated heterocycles. The summed E-state index contributed by atoms with van der Waals surface area (Å²) >= 11 is 0. The van der Waals surface area contributed by atoms with Gasteiger partial charge in [-0.25, -0.2) is 14.6 Å². The number of halogens is 1. The van der Waals surface area contributed by atoms with Crippen LogP contribution in [0.15, 0.2) is 41.0 Å². The maximum absolute atomic E-state index is 14.1. The maximum Gasteiger partial charge on any atom is 0.331 e. The number of aliphatic hydroxyl groups excluding tert-OH is 1. The van der Waals surface area contributed by atoms with Gasteiger partial charge in [-0.05, 0) is 86.8 Å². The summed E-state index contributed by atoms with van der Waals surface area (Å²) in [5, 5.41) is 39.3. The summed E-state index contributed by atoms with van der Waals surface area (Å²) in [6.07, 6.45) is 7.52. The molecule has 6 rings (SSSR count). The fourth-order valence-corrected chi connectivity index (χ4v) is 9.27. The Labute approximate surface area is 227 Å². The first-order chi connectivity index (χ1) is 18.5. The van der Waals surface area contributed by atoms with E-state index in [0.29, 0.717) is 38.5 Å². The number of carbonyl (C=O) groups is 2. The van der Waals surface area contributed by atoms with E-state index in [9.17, 15) is 29.3 Å². The molecule has 0 unspecified atom stereocenters. The maximum atomic E-state index is 14.1. The smallest absolute Gasteiger partial charge is 0.331 e. The molecular formula is C30H37FN2O6. The highest BCUT2D eigenvalue weighted by molar-refractivity contribution is 5.94. The molecule has 1 aromatic carbocycles. The summed E-state index contributed by atoms with van der Waals surface area (Å²) in [4.78, 5) is 24.5. The van der Waals surface area contributed by atoms with Crippen LogP contribution in [0.2, 0.25) is 0 Å². The van der Waals surface area contributed by atoms with Gasteiger partial charge in [0.05, 0.1) is 22.9 Å². The summed E-state index contributed by atoms with van der Waals surface area (Å²) in [5.41, 5.74) is -0.250. The van der Waals surface area contributed by atoms with E-state index in [1.165, 1.54) is 18.2 Å². The molecule has 8 atom stereocenters. The Morgan fingerprint density at radius 1 is 1.10 bits per heavy atom. The molecule has 4 N–H and O–H groups in total. The normalized spacial score (nSPS) is 43.3. The fraction of sp³-hybridized carbons (Fsp3) is 0.633. The van der Waals surface area contributed by atoms with Crippen LogP contribution < -0.4 is 5.43 Å². The molecule has 4 fully saturated rings. The van der Waals surface area contributed by atoms with E-state index < -0.39 is 39.9 Å². The third-order valence-electron chi connectivity index (χ3n) is 11.2. The monoisotopic (exact) mass is 540 g/mol. The van der Waals surface area contributed by atoms with Crippen molar-refractivity contribution in [3.63, 3.8) is 0 Å². The molecule has 1 aliphatic heterocycles. The van der Waals surface area contributed by atoms with E-state index in [1.807, 2.05) is 0 Å². The molecule has 4 saturated carbocycles. The van der Waals surface area contributed by atoms with Gasteiger partial charge in [-0.15, -0.1) is 0 Å². The minimum Gasteiger partial charge on any atom is -0.458 e. The molecule has 9 heteroatoms. The van der Waals surface area contributed by atoms with Crippen molar-refractivity contribution in [1.29, 1.82) is 0 Å². The minimum atomic E-state index is -1.24. The van der Waals surface area contributed by atoms with Gasteiger partial charge in [-0.1, -0.05) is 19.1 Å². The molecule has 1 amide bonds. The van der Waals surface area contributed by atoms with Crippen molar-refractivity contribution < 1.29 is 34.0 Å². The van der Waals surface area contributed by atoms with E-state index in [-0.39, 0.29) is 42.3 Å². The number of benzene rings is 1. The number of rotatable bonds is 4. The van der Waals surface area contributed by atoms with Gasteiger partial charge >= 0.3 is 5.97 Å². The Bertz CT molecular complexity index is 1250. The Morgan fingerprint density at radius 2 is 1.87 bits per heavy atom. The first kappa shape index (κ1) is 26.6. The van der Waals surface area contributed by atoms with Gasteiger partial charge in [0.15, 0.2) is 0 Å². The Hall–Kier alpha value is -2.62. The number of ether oxygens (including phenoxy) is 1. The minimum absolute atomic E-state index is 0.0496. The number of nitrogens with one attached hydrogen (secondary N) is 1. The highest BCUT2D eigenvalue weighted by Gasteiger charge is 2.71. The lowest BCUT2D eigenvalue weighted by molar-refractivity contribution is -0.237. The van der Waals surface area contributed by atoms with E-state index in [2.05, 4.69) is 17.5 Å². The van der Waals surface area contributed by atoms with E-state index in [0.717, 1.165) is 18.4 Å². The highest BCUT2D eigenvalue weighted by atomic mass is 19.1. The van der Waals surface area contributed by atoms with Gasteiger partial charge in [0, 0.05) is 29.5 Å². The number of fused-ring (bicyclic) bond motifs is 5. The van der Waals surface area contributed by atoms with Crippen molar-refractivity contribution in [2.24, 2.45) is 33.7 Å². The molecule has 8 nitrogen and oxygen atoms in total. The summed E-state index contributed by atoms with van der Waals surface area (Å²) in [6.45, 7) is 2.41. The molecule has 0 bridgehead atoms. The average Bonchev–Trinajstić information content (AvgIpc) is 3.44. The number of nitrogens with zero attached hydrogens (tertiary/aromatic N) is 1. The Kier molecular flexibility index (Phi) is 6.28. The van der Waals surface area contributed by atoms with Gasteiger partial charge in [0.25, 0.3) is 5.91 Å². The molecule has 0 aromatic heterocycles. The number of aliphatic hydroxyl groups is 3. The van der Waals surface area contributed by atoms with Gasteiger partial charge in [-0.2, -0.15) is 5.10 Å². The predicted molar refractivity (Wildman–Crippen MR) is 140 cm³/mol. The molecule has 5 aliphatic rings. The number of carbonyl (C=O) groups excluding carboxylic acids is 2. The third kappa shape index (κ3) is 3.84. The van der Waals surface area contributed by atoms with Gasteiger partial charge in [0.1, 0.15) is 12.4 Å². The van der Waals surface area contributed by atoms with Gasteiger partial charge in [0.2, 0.25) is 0 Å². The molecule has 0 radical (unpaired) electrons. The van der Waals surface area contributed by atoms with Crippen LogP contribution in [-0.2, 0) is 9.53 Å². The SMILES string of the molecule is C[C@]12CC[C@H]3[C@@H](CC[C@]4(O)C[C@H](O)CC[C@]34/C=N\NC(=O)c3ccccc3F)[C@@]1(O)CC[C@@H]2C1=CC(=O)OC1. The molecule has 4 aliphatic carbocycles. The number of esters is 1. The van der Waals surface area contributed by atoms with Gasteiger partial charge < -0.3 is 20.1 Å².